The van der Waals surface area contributed by atoms with E-state index in [4.69, 9.17) is 4.74 Å². The summed E-state index contributed by atoms with van der Waals surface area (Å²) in [5.41, 5.74) is 1.81. The molecule has 0 aliphatic carbocycles. The summed E-state index contributed by atoms with van der Waals surface area (Å²) < 4.78 is 7.17. The number of rotatable bonds is 4. The van der Waals surface area contributed by atoms with E-state index in [0.29, 0.717) is 11.6 Å². The molecule has 0 aliphatic heterocycles. The van der Waals surface area contributed by atoms with Gasteiger partial charge in [-0.25, -0.2) is 4.98 Å². The van der Waals surface area contributed by atoms with Crippen LogP contribution in [0, 0.1) is 0 Å². The van der Waals surface area contributed by atoms with Crippen molar-refractivity contribution in [3.05, 3.63) is 52.5 Å². The summed E-state index contributed by atoms with van der Waals surface area (Å²) in [6, 6.07) is 13.3. The monoisotopic (exact) mass is 376 g/mol. The summed E-state index contributed by atoms with van der Waals surface area (Å²) in [5, 5.41) is 3.45. The first-order valence-electron chi connectivity index (χ1n) is 6.63. The first-order chi connectivity index (χ1) is 10.6. The molecule has 4 nitrogen and oxygen atoms in total. The number of nitrogens with zero attached hydrogens (tertiary/aromatic N) is 1. The van der Waals surface area contributed by atoms with Crippen LogP contribution in [-0.4, -0.2) is 18.0 Å². The molecule has 0 radical (unpaired) electrons. The van der Waals surface area contributed by atoms with Crippen LogP contribution in [0.4, 0.5) is 5.13 Å². The minimum absolute atomic E-state index is 0.0756. The lowest BCUT2D eigenvalue weighted by Crippen LogP contribution is -2.14. The van der Waals surface area contributed by atoms with Crippen LogP contribution < -0.4 is 10.1 Å². The van der Waals surface area contributed by atoms with Crippen molar-refractivity contribution < 1.29 is 9.53 Å². The number of carbonyl (C=O) groups is 1. The second-order valence-corrected chi connectivity index (χ2v) is 6.65. The predicted molar refractivity (Wildman–Crippen MR) is 92.6 cm³/mol. The predicted octanol–water partition coefficient (Wildman–Crippen LogP) is 4.25. The molecule has 1 N–H and O–H groups in total. The van der Waals surface area contributed by atoms with Crippen LogP contribution in [0.15, 0.2) is 46.9 Å². The summed E-state index contributed by atoms with van der Waals surface area (Å²) in [5.74, 6) is 0.706. The minimum Gasteiger partial charge on any atom is -0.497 e. The number of fused-ring (bicyclic) bond motifs is 1. The standard InChI is InChI=1S/C16H13BrN2O2S/c1-21-12-6-7-13-14(9-12)22-16(18-13)19-15(20)8-10-2-4-11(17)5-3-10/h2-7,9H,8H2,1H3,(H,18,19,20). The van der Waals surface area contributed by atoms with Gasteiger partial charge in [-0.3, -0.25) is 4.79 Å². The Labute approximate surface area is 140 Å². The van der Waals surface area contributed by atoms with Crippen molar-refractivity contribution in [2.24, 2.45) is 0 Å². The molecule has 0 fully saturated rings. The summed E-state index contributed by atoms with van der Waals surface area (Å²) >= 11 is 4.82. The number of thiazole rings is 1. The van der Waals surface area contributed by atoms with Crippen LogP contribution in [0.3, 0.4) is 0 Å². The maximum atomic E-state index is 12.1. The normalized spacial score (nSPS) is 10.6. The Morgan fingerprint density at radius 2 is 2.05 bits per heavy atom. The molecule has 0 unspecified atom stereocenters. The van der Waals surface area contributed by atoms with E-state index in [0.717, 1.165) is 26.0 Å². The third-order valence-electron chi connectivity index (χ3n) is 3.12. The highest BCUT2D eigenvalue weighted by Gasteiger charge is 2.09. The third kappa shape index (κ3) is 3.45. The topological polar surface area (TPSA) is 51.2 Å². The number of ether oxygens (including phenoxy) is 1. The van der Waals surface area contributed by atoms with Gasteiger partial charge in [-0.1, -0.05) is 39.4 Å². The quantitative estimate of drug-likeness (QED) is 0.740. The lowest BCUT2D eigenvalue weighted by Gasteiger charge is -2.02. The molecule has 22 heavy (non-hydrogen) atoms. The smallest absolute Gasteiger partial charge is 0.230 e. The molecule has 1 amide bonds. The zero-order valence-electron chi connectivity index (χ0n) is 11.8. The molecule has 1 aromatic heterocycles. The van der Waals surface area contributed by atoms with Gasteiger partial charge in [0, 0.05) is 4.47 Å². The van der Waals surface area contributed by atoms with E-state index in [9.17, 15) is 4.79 Å². The molecule has 3 rings (SSSR count). The molecular weight excluding hydrogens is 364 g/mol. The largest absolute Gasteiger partial charge is 0.497 e. The molecule has 3 aromatic rings. The fourth-order valence-electron chi connectivity index (χ4n) is 2.04. The van der Waals surface area contributed by atoms with E-state index < -0.39 is 0 Å². The van der Waals surface area contributed by atoms with Crippen LogP contribution in [0.1, 0.15) is 5.56 Å². The fourth-order valence-corrected chi connectivity index (χ4v) is 3.21. The highest BCUT2D eigenvalue weighted by Crippen LogP contribution is 2.29. The van der Waals surface area contributed by atoms with Gasteiger partial charge in [0.05, 0.1) is 23.7 Å². The summed E-state index contributed by atoms with van der Waals surface area (Å²) in [7, 11) is 1.63. The van der Waals surface area contributed by atoms with Gasteiger partial charge in [0.15, 0.2) is 5.13 Å². The second kappa shape index (κ2) is 6.46. The van der Waals surface area contributed by atoms with Gasteiger partial charge in [0.25, 0.3) is 0 Å². The minimum atomic E-state index is -0.0756. The van der Waals surface area contributed by atoms with E-state index in [1.807, 2.05) is 42.5 Å². The van der Waals surface area contributed by atoms with Crippen LogP contribution in [-0.2, 0) is 11.2 Å². The number of methoxy groups -OCH3 is 1. The zero-order chi connectivity index (χ0) is 15.5. The van der Waals surface area contributed by atoms with Crippen molar-refractivity contribution in [3.8, 4) is 5.75 Å². The first kappa shape index (κ1) is 15.0. The average Bonchev–Trinajstić information content (AvgIpc) is 2.90. The summed E-state index contributed by atoms with van der Waals surface area (Å²) in [6.45, 7) is 0. The Balaban J connectivity index is 1.72. The maximum Gasteiger partial charge on any atom is 0.230 e. The Kier molecular flexibility index (Phi) is 4.40. The molecule has 0 saturated carbocycles. The Hall–Kier alpha value is -1.92. The summed E-state index contributed by atoms with van der Waals surface area (Å²) in [6.07, 6.45) is 0.326. The van der Waals surface area contributed by atoms with Crippen molar-refractivity contribution in [1.29, 1.82) is 0 Å². The number of halogens is 1. The van der Waals surface area contributed by atoms with Crippen LogP contribution in [0.25, 0.3) is 10.2 Å². The highest BCUT2D eigenvalue weighted by atomic mass is 79.9. The number of benzene rings is 2. The van der Waals surface area contributed by atoms with Crippen LogP contribution in [0.2, 0.25) is 0 Å². The number of carbonyl (C=O) groups excluding carboxylic acids is 1. The van der Waals surface area contributed by atoms with Crippen LogP contribution >= 0.6 is 27.3 Å². The van der Waals surface area contributed by atoms with Gasteiger partial charge in [-0.05, 0) is 35.9 Å². The maximum absolute atomic E-state index is 12.1. The van der Waals surface area contributed by atoms with E-state index in [-0.39, 0.29) is 5.91 Å². The second-order valence-electron chi connectivity index (χ2n) is 4.70. The average molecular weight is 377 g/mol. The number of hydrogen-bond acceptors (Lipinski definition) is 4. The van der Waals surface area contributed by atoms with Gasteiger partial charge in [0.1, 0.15) is 5.75 Å². The zero-order valence-corrected chi connectivity index (χ0v) is 14.2. The van der Waals surface area contributed by atoms with Crippen molar-refractivity contribution in [2.75, 3.05) is 12.4 Å². The van der Waals surface area contributed by atoms with E-state index in [2.05, 4.69) is 26.2 Å². The molecular formula is C16H13BrN2O2S. The Morgan fingerprint density at radius 1 is 1.27 bits per heavy atom. The van der Waals surface area contributed by atoms with Crippen molar-refractivity contribution >= 4 is 48.5 Å². The molecule has 0 spiro atoms. The van der Waals surface area contributed by atoms with Gasteiger partial charge < -0.3 is 10.1 Å². The van der Waals surface area contributed by atoms with E-state index in [1.54, 1.807) is 7.11 Å². The molecule has 0 aliphatic rings. The summed E-state index contributed by atoms with van der Waals surface area (Å²) in [4.78, 5) is 16.5. The number of anilines is 1. The first-order valence-corrected chi connectivity index (χ1v) is 8.24. The van der Waals surface area contributed by atoms with E-state index >= 15 is 0 Å². The molecule has 1 heterocycles. The number of hydrogen-bond donors (Lipinski definition) is 1. The van der Waals surface area contributed by atoms with Gasteiger partial charge in [-0.2, -0.15) is 0 Å². The molecule has 0 bridgehead atoms. The van der Waals surface area contributed by atoms with Crippen molar-refractivity contribution in [2.45, 2.75) is 6.42 Å². The van der Waals surface area contributed by atoms with Gasteiger partial charge in [-0.15, -0.1) is 0 Å². The lowest BCUT2D eigenvalue weighted by molar-refractivity contribution is -0.115. The van der Waals surface area contributed by atoms with Gasteiger partial charge in [0.2, 0.25) is 5.91 Å². The number of amides is 1. The van der Waals surface area contributed by atoms with Crippen molar-refractivity contribution in [3.63, 3.8) is 0 Å². The third-order valence-corrected chi connectivity index (χ3v) is 4.58. The van der Waals surface area contributed by atoms with Crippen molar-refractivity contribution in [1.82, 2.24) is 4.98 Å². The molecule has 0 atom stereocenters. The lowest BCUT2D eigenvalue weighted by atomic mass is 10.1. The highest BCUT2D eigenvalue weighted by molar-refractivity contribution is 9.10. The fraction of sp³-hybridized carbons (Fsp3) is 0.125. The Morgan fingerprint density at radius 3 is 2.77 bits per heavy atom. The number of aromatic nitrogens is 1. The van der Waals surface area contributed by atoms with Crippen LogP contribution in [0.5, 0.6) is 5.75 Å². The molecule has 6 heteroatoms. The Bertz CT molecular complexity index is 815. The molecule has 112 valence electrons. The number of nitrogens with one attached hydrogen (secondary N) is 1. The van der Waals surface area contributed by atoms with E-state index in [1.165, 1.54) is 11.3 Å². The molecule has 2 aromatic carbocycles. The molecule has 0 saturated heterocycles. The SMILES string of the molecule is COc1ccc2nc(NC(=O)Cc3ccc(Br)cc3)sc2c1. The van der Waals surface area contributed by atoms with Gasteiger partial charge >= 0.3 is 0 Å².